The number of benzene rings is 3. The summed E-state index contributed by atoms with van der Waals surface area (Å²) in [5.41, 5.74) is 2.18. The Labute approximate surface area is 257 Å². The Morgan fingerprint density at radius 1 is 0.976 bits per heavy atom. The Morgan fingerprint density at radius 3 is 2.27 bits per heavy atom. The molecule has 0 spiro atoms. The Morgan fingerprint density at radius 2 is 1.66 bits per heavy atom. The zero-order valence-corrected chi connectivity index (χ0v) is 26.2. The highest BCUT2D eigenvalue weighted by Gasteiger charge is 2.62. The molecule has 1 N–H and O–H groups in total. The average molecular weight is 611 g/mol. The molecule has 216 valence electrons. The molecule has 3 aromatic carbocycles. The normalized spacial score (nSPS) is 21.7. The fraction of sp³-hybridized carbons (Fsp3) is 0.394. The van der Waals surface area contributed by atoms with E-state index in [1.807, 2.05) is 42.3 Å². The predicted octanol–water partition coefficient (Wildman–Crippen LogP) is 6.76. The van der Waals surface area contributed by atoms with E-state index < -0.39 is 5.41 Å². The summed E-state index contributed by atoms with van der Waals surface area (Å²) in [6.45, 7) is 4.63. The molecule has 2 amide bonds. The Kier molecular flexibility index (Phi) is 9.05. The summed E-state index contributed by atoms with van der Waals surface area (Å²) < 4.78 is 0. The number of piperidine rings is 1. The van der Waals surface area contributed by atoms with E-state index in [1.165, 1.54) is 4.90 Å². The van der Waals surface area contributed by atoms with Crippen LogP contribution in [0.3, 0.4) is 0 Å². The molecule has 1 saturated heterocycles. The first kappa shape index (κ1) is 30.0. The molecule has 0 radical (unpaired) electrons. The van der Waals surface area contributed by atoms with E-state index in [-0.39, 0.29) is 23.3 Å². The van der Waals surface area contributed by atoms with E-state index in [4.69, 9.17) is 23.2 Å². The molecule has 2 atom stereocenters. The van der Waals surface area contributed by atoms with Crippen molar-refractivity contribution in [3.63, 3.8) is 0 Å². The number of rotatable bonds is 9. The second-order valence-corrected chi connectivity index (χ2v) is 13.1. The topological polar surface area (TPSA) is 52.7 Å². The number of hydrogen-bond donors (Lipinski definition) is 1. The highest BCUT2D eigenvalue weighted by atomic mass is 35.5. The maximum atomic E-state index is 14.2. The van der Waals surface area contributed by atoms with Gasteiger partial charge in [-0.1, -0.05) is 71.7 Å². The van der Waals surface area contributed by atoms with Crippen LogP contribution >= 0.6 is 35.0 Å². The van der Waals surface area contributed by atoms with Crippen molar-refractivity contribution < 1.29 is 9.59 Å². The lowest BCUT2D eigenvalue weighted by Gasteiger charge is -2.43. The first-order valence-electron chi connectivity index (χ1n) is 14.1. The van der Waals surface area contributed by atoms with Gasteiger partial charge in [-0.25, -0.2) is 0 Å². The number of halogens is 2. The molecule has 2 aliphatic rings. The van der Waals surface area contributed by atoms with Gasteiger partial charge in [-0.05, 0) is 72.4 Å². The summed E-state index contributed by atoms with van der Waals surface area (Å²) in [5, 5.41) is 4.22. The number of carbonyl (C=O) groups excluding carboxylic acids is 2. The van der Waals surface area contributed by atoms with Crippen molar-refractivity contribution >= 4 is 46.8 Å². The third-order valence-corrected chi connectivity index (χ3v) is 10.3. The molecule has 1 aliphatic heterocycles. The zero-order valence-electron chi connectivity index (χ0n) is 23.8. The number of nitrogens with zero attached hydrogens (tertiary/aromatic N) is 2. The van der Waals surface area contributed by atoms with E-state index in [1.54, 1.807) is 24.8 Å². The van der Waals surface area contributed by atoms with E-state index >= 15 is 0 Å². The molecule has 5 nitrogen and oxygen atoms in total. The van der Waals surface area contributed by atoms with Gasteiger partial charge in [0.1, 0.15) is 0 Å². The van der Waals surface area contributed by atoms with Gasteiger partial charge in [-0.3, -0.25) is 9.59 Å². The molecule has 8 heteroatoms. The standard InChI is InChI=1S/C33H37Cl2N3O2S/c1-23(39)36-32(25-7-5-4-6-8-25)15-17-38(18-16-32)22-27-20-33(27,26-11-14-29(34)30(35)19-26)31(40)37(2)21-24-9-12-28(41-3)13-10-24/h4-14,19,27H,15-18,20-22H2,1-3H3,(H,36,39). The maximum Gasteiger partial charge on any atom is 0.233 e. The van der Waals surface area contributed by atoms with Crippen molar-refractivity contribution in [2.75, 3.05) is 32.9 Å². The fourth-order valence-corrected chi connectivity index (χ4v) is 7.20. The maximum absolute atomic E-state index is 14.2. The lowest BCUT2D eigenvalue weighted by Crippen LogP contribution is -2.53. The number of carbonyl (C=O) groups is 2. The number of hydrogen-bond acceptors (Lipinski definition) is 4. The number of thioether (sulfide) groups is 1. The Bertz CT molecular complexity index is 1390. The Balaban J connectivity index is 1.33. The number of amides is 2. The summed E-state index contributed by atoms with van der Waals surface area (Å²) in [6.07, 6.45) is 4.47. The summed E-state index contributed by atoms with van der Waals surface area (Å²) in [4.78, 5) is 31.9. The van der Waals surface area contributed by atoms with Gasteiger partial charge in [0.25, 0.3) is 0 Å². The first-order chi connectivity index (χ1) is 19.7. The van der Waals surface area contributed by atoms with Crippen LogP contribution in [0.25, 0.3) is 0 Å². The lowest BCUT2D eigenvalue weighted by atomic mass is 9.80. The first-order valence-corrected chi connectivity index (χ1v) is 16.1. The summed E-state index contributed by atoms with van der Waals surface area (Å²) in [6, 6.07) is 24.3. The van der Waals surface area contributed by atoms with E-state index in [2.05, 4.69) is 52.9 Å². The van der Waals surface area contributed by atoms with Crippen molar-refractivity contribution in [2.45, 2.75) is 48.6 Å². The van der Waals surface area contributed by atoms with Gasteiger partial charge in [0.2, 0.25) is 11.8 Å². The van der Waals surface area contributed by atoms with Crippen LogP contribution in [0.1, 0.15) is 42.9 Å². The van der Waals surface area contributed by atoms with Gasteiger partial charge in [0.05, 0.1) is 21.0 Å². The van der Waals surface area contributed by atoms with E-state index in [0.717, 1.165) is 55.6 Å². The molecular formula is C33H37Cl2N3O2S. The van der Waals surface area contributed by atoms with E-state index in [0.29, 0.717) is 16.6 Å². The molecule has 0 aromatic heterocycles. The summed E-state index contributed by atoms with van der Waals surface area (Å²) in [7, 11) is 1.89. The minimum absolute atomic E-state index is 0.0140. The molecule has 1 saturated carbocycles. The van der Waals surface area contributed by atoms with Gasteiger partial charge in [0.15, 0.2) is 0 Å². The van der Waals surface area contributed by atoms with Crippen molar-refractivity contribution in [1.29, 1.82) is 0 Å². The van der Waals surface area contributed by atoms with Crippen LogP contribution in [0.2, 0.25) is 10.0 Å². The molecule has 41 heavy (non-hydrogen) atoms. The average Bonchev–Trinajstić information content (AvgIpc) is 3.70. The summed E-state index contributed by atoms with van der Waals surface area (Å²) >= 11 is 14.4. The quantitative estimate of drug-likeness (QED) is 0.272. The third-order valence-electron chi connectivity index (χ3n) is 8.78. The monoisotopic (exact) mass is 609 g/mol. The lowest BCUT2D eigenvalue weighted by molar-refractivity contribution is -0.133. The summed E-state index contributed by atoms with van der Waals surface area (Å²) in [5.74, 6) is 0.266. The van der Waals surface area contributed by atoms with Crippen LogP contribution in [0.5, 0.6) is 0 Å². The van der Waals surface area contributed by atoms with Gasteiger partial charge in [-0.15, -0.1) is 11.8 Å². The van der Waals surface area contributed by atoms with Gasteiger partial charge in [0, 0.05) is 45.0 Å². The number of nitrogens with one attached hydrogen (secondary N) is 1. The molecule has 5 rings (SSSR count). The van der Waals surface area contributed by atoms with Gasteiger partial charge < -0.3 is 15.1 Å². The molecule has 1 heterocycles. The zero-order chi connectivity index (χ0) is 29.2. The minimum atomic E-state index is -0.631. The van der Waals surface area contributed by atoms with E-state index in [9.17, 15) is 9.59 Å². The van der Waals surface area contributed by atoms with Crippen LogP contribution in [0.4, 0.5) is 0 Å². The van der Waals surface area contributed by atoms with Crippen molar-refractivity contribution in [3.05, 3.63) is 99.5 Å². The second kappa shape index (κ2) is 12.4. The smallest absolute Gasteiger partial charge is 0.233 e. The van der Waals surface area contributed by atoms with Crippen LogP contribution in [-0.2, 0) is 27.1 Å². The fourth-order valence-electron chi connectivity index (χ4n) is 6.49. The Hall–Kier alpha value is -2.51. The molecule has 2 fully saturated rings. The molecule has 3 aromatic rings. The number of likely N-dealkylation sites (N-methyl/N-ethyl adjacent to an activating group) is 1. The molecule has 0 bridgehead atoms. The van der Waals surface area contributed by atoms with Crippen LogP contribution < -0.4 is 5.32 Å². The van der Waals surface area contributed by atoms with Crippen molar-refractivity contribution in [1.82, 2.24) is 15.1 Å². The van der Waals surface area contributed by atoms with Crippen molar-refractivity contribution in [3.8, 4) is 0 Å². The second-order valence-electron chi connectivity index (χ2n) is 11.4. The minimum Gasteiger partial charge on any atom is -0.347 e. The van der Waals surface area contributed by atoms with Crippen LogP contribution in [0.15, 0.2) is 77.7 Å². The highest BCUT2D eigenvalue weighted by molar-refractivity contribution is 7.98. The van der Waals surface area contributed by atoms with Crippen LogP contribution in [-0.4, -0.2) is 54.6 Å². The highest BCUT2D eigenvalue weighted by Crippen LogP contribution is 2.57. The molecule has 2 unspecified atom stereocenters. The molecule has 1 aliphatic carbocycles. The third kappa shape index (κ3) is 6.31. The van der Waals surface area contributed by atoms with Gasteiger partial charge in [-0.2, -0.15) is 0 Å². The van der Waals surface area contributed by atoms with Crippen molar-refractivity contribution in [2.24, 2.45) is 5.92 Å². The van der Waals surface area contributed by atoms with Crippen LogP contribution in [0, 0.1) is 5.92 Å². The number of likely N-dealkylation sites (tertiary alicyclic amines) is 1. The van der Waals surface area contributed by atoms with Gasteiger partial charge >= 0.3 is 0 Å². The molecular weight excluding hydrogens is 573 g/mol. The largest absolute Gasteiger partial charge is 0.347 e. The SMILES string of the molecule is CSc1ccc(CN(C)C(=O)C2(c3ccc(Cl)c(Cl)c3)CC2CN2CCC(NC(C)=O)(c3ccccc3)CC2)cc1. The predicted molar refractivity (Wildman–Crippen MR) is 169 cm³/mol.